The van der Waals surface area contributed by atoms with E-state index in [0.29, 0.717) is 12.2 Å². The maximum atomic E-state index is 11.3. The van der Waals surface area contributed by atoms with E-state index in [1.807, 2.05) is 24.3 Å². The number of benzene rings is 1. The van der Waals surface area contributed by atoms with Gasteiger partial charge < -0.3 is 10.1 Å². The van der Waals surface area contributed by atoms with E-state index in [1.54, 1.807) is 6.07 Å². The lowest BCUT2D eigenvalue weighted by Gasteiger charge is -2.03. The third-order valence-corrected chi connectivity index (χ3v) is 2.87. The van der Waals surface area contributed by atoms with E-state index in [-0.39, 0.29) is 5.75 Å². The minimum absolute atomic E-state index is 0.288. The van der Waals surface area contributed by atoms with Crippen molar-refractivity contribution < 1.29 is 5.11 Å². The predicted molar refractivity (Wildman–Crippen MR) is 70.4 cm³/mol. The molecule has 1 aromatic heterocycles. The molecule has 0 spiro atoms. The maximum Gasteiger partial charge on any atom is 0.290 e. The van der Waals surface area contributed by atoms with Gasteiger partial charge in [-0.05, 0) is 28.5 Å². The molecule has 0 saturated carbocycles. The van der Waals surface area contributed by atoms with Crippen LogP contribution in [0, 0.1) is 0 Å². The van der Waals surface area contributed by atoms with Crippen LogP contribution in [0.15, 0.2) is 56.6 Å². The zero-order valence-electron chi connectivity index (χ0n) is 9.87. The van der Waals surface area contributed by atoms with Crippen molar-refractivity contribution in [3.63, 3.8) is 0 Å². The van der Waals surface area contributed by atoms with Gasteiger partial charge in [0.05, 0.1) is 5.71 Å². The number of nitrogens with one attached hydrogen (secondary N) is 1. The van der Waals surface area contributed by atoms with Gasteiger partial charge in [-0.3, -0.25) is 4.79 Å². The first-order valence-electron chi connectivity index (χ1n) is 5.70. The van der Waals surface area contributed by atoms with Gasteiger partial charge in [-0.2, -0.15) is 5.11 Å². The number of hydrogen-bond donors (Lipinski definition) is 2. The van der Waals surface area contributed by atoms with Crippen molar-refractivity contribution in [2.24, 2.45) is 15.4 Å². The molecule has 19 heavy (non-hydrogen) atoms. The number of aromatic hydroxyl groups is 1. The van der Waals surface area contributed by atoms with Crippen LogP contribution in [0.3, 0.4) is 0 Å². The first-order valence-corrected chi connectivity index (χ1v) is 5.70. The van der Waals surface area contributed by atoms with E-state index < -0.39 is 5.56 Å². The Balaban J connectivity index is 1.94. The molecular formula is C13H10N4O2. The average molecular weight is 254 g/mol. The minimum atomic E-state index is -0.501. The molecule has 3 rings (SSSR count). The second-order valence-corrected chi connectivity index (χ2v) is 4.10. The fourth-order valence-electron chi connectivity index (χ4n) is 1.84. The zero-order valence-corrected chi connectivity index (χ0v) is 9.87. The molecule has 0 unspecified atom stereocenters. The summed E-state index contributed by atoms with van der Waals surface area (Å²) in [5.41, 5.74) is 2.78. The number of hydrogen-bond acceptors (Lipinski definition) is 5. The molecule has 1 aromatic carbocycles. The van der Waals surface area contributed by atoms with Crippen LogP contribution in [-0.2, 0) is 0 Å². The van der Waals surface area contributed by atoms with Gasteiger partial charge in [0.2, 0.25) is 0 Å². The Kier molecular flexibility index (Phi) is 2.68. The summed E-state index contributed by atoms with van der Waals surface area (Å²) in [6.45, 7) is 0.495. The van der Waals surface area contributed by atoms with Gasteiger partial charge >= 0.3 is 0 Å². The summed E-state index contributed by atoms with van der Waals surface area (Å²) < 4.78 is 0. The van der Waals surface area contributed by atoms with Crippen molar-refractivity contribution in [3.05, 3.63) is 52.3 Å². The number of pyridine rings is 1. The lowest BCUT2D eigenvalue weighted by atomic mass is 10.1. The fraction of sp³-hybridized carbons (Fsp3) is 0.0769. The summed E-state index contributed by atoms with van der Waals surface area (Å²) in [5.74, 6) is -0.288. The first-order chi connectivity index (χ1) is 9.24. The molecule has 1 aliphatic heterocycles. The van der Waals surface area contributed by atoms with Crippen molar-refractivity contribution in [2.45, 2.75) is 0 Å². The molecule has 0 aliphatic carbocycles. The van der Waals surface area contributed by atoms with E-state index in [1.165, 1.54) is 6.07 Å². The van der Waals surface area contributed by atoms with Crippen molar-refractivity contribution in [2.75, 3.05) is 6.54 Å². The van der Waals surface area contributed by atoms with Crippen LogP contribution in [0.4, 0.5) is 0 Å². The number of rotatable bonds is 2. The third-order valence-electron chi connectivity index (χ3n) is 2.87. The summed E-state index contributed by atoms with van der Waals surface area (Å²) in [4.78, 5) is 13.9. The van der Waals surface area contributed by atoms with Crippen molar-refractivity contribution in [3.8, 4) is 17.0 Å². The second-order valence-electron chi connectivity index (χ2n) is 4.10. The van der Waals surface area contributed by atoms with Crippen LogP contribution in [0.2, 0.25) is 0 Å². The molecule has 0 fully saturated rings. The van der Waals surface area contributed by atoms with Crippen LogP contribution in [-0.4, -0.2) is 22.3 Å². The SMILES string of the molecule is O=c1[nH]c(-c2ccc(C3=NN=NC3)cc2)ccc1O. The minimum Gasteiger partial charge on any atom is -0.503 e. The van der Waals surface area contributed by atoms with E-state index >= 15 is 0 Å². The second kappa shape index (κ2) is 4.49. The molecule has 6 heteroatoms. The average Bonchev–Trinajstić information content (AvgIpc) is 2.96. The molecule has 2 aromatic rings. The highest BCUT2D eigenvalue weighted by atomic mass is 16.3. The van der Waals surface area contributed by atoms with E-state index in [0.717, 1.165) is 16.8 Å². The van der Waals surface area contributed by atoms with E-state index in [2.05, 4.69) is 20.4 Å². The van der Waals surface area contributed by atoms with Crippen LogP contribution >= 0.6 is 0 Å². The number of aromatic amines is 1. The van der Waals surface area contributed by atoms with Gasteiger partial charge in [-0.25, -0.2) is 0 Å². The fourth-order valence-corrected chi connectivity index (χ4v) is 1.84. The highest BCUT2D eigenvalue weighted by Crippen LogP contribution is 2.18. The molecule has 0 amide bonds. The molecule has 0 saturated heterocycles. The van der Waals surface area contributed by atoms with Crippen LogP contribution < -0.4 is 5.56 Å². The van der Waals surface area contributed by atoms with Gasteiger partial charge in [0.15, 0.2) is 5.75 Å². The largest absolute Gasteiger partial charge is 0.503 e. The Labute approximate surface area is 108 Å². The van der Waals surface area contributed by atoms with Crippen molar-refractivity contribution in [1.29, 1.82) is 0 Å². The Morgan fingerprint density at radius 3 is 2.42 bits per heavy atom. The lowest BCUT2D eigenvalue weighted by Crippen LogP contribution is -2.05. The van der Waals surface area contributed by atoms with Crippen molar-refractivity contribution in [1.82, 2.24) is 4.98 Å². The number of aromatic nitrogens is 1. The summed E-state index contributed by atoms with van der Waals surface area (Å²) >= 11 is 0. The molecule has 1 aliphatic rings. The normalized spacial score (nSPS) is 13.6. The van der Waals surface area contributed by atoms with Crippen LogP contribution in [0.25, 0.3) is 11.3 Å². The molecule has 6 nitrogen and oxygen atoms in total. The molecule has 0 bridgehead atoms. The smallest absolute Gasteiger partial charge is 0.290 e. The molecular weight excluding hydrogens is 244 g/mol. The van der Waals surface area contributed by atoms with Gasteiger partial charge in [-0.15, -0.1) is 5.10 Å². The van der Waals surface area contributed by atoms with Crippen molar-refractivity contribution >= 4 is 5.71 Å². The quantitative estimate of drug-likeness (QED) is 0.857. The zero-order chi connectivity index (χ0) is 13.2. The standard InChI is InChI=1S/C13H10N4O2/c18-12-6-5-10(15-13(12)19)8-1-3-9(4-2-8)11-7-14-17-16-11/h1-6,18H,7H2,(H,15,19). The molecule has 2 heterocycles. The highest BCUT2D eigenvalue weighted by molar-refractivity contribution is 6.02. The summed E-state index contributed by atoms with van der Waals surface area (Å²) in [5, 5.41) is 20.5. The topological polar surface area (TPSA) is 90.2 Å². The Morgan fingerprint density at radius 1 is 1.05 bits per heavy atom. The van der Waals surface area contributed by atoms with Crippen LogP contribution in [0.1, 0.15) is 5.56 Å². The van der Waals surface area contributed by atoms with Gasteiger partial charge in [0, 0.05) is 5.69 Å². The summed E-state index contributed by atoms with van der Waals surface area (Å²) in [6, 6.07) is 10.6. The van der Waals surface area contributed by atoms with Crippen LogP contribution in [0.5, 0.6) is 5.75 Å². The Morgan fingerprint density at radius 2 is 1.79 bits per heavy atom. The number of H-pyrrole nitrogens is 1. The highest BCUT2D eigenvalue weighted by Gasteiger charge is 2.08. The van der Waals surface area contributed by atoms with E-state index in [9.17, 15) is 9.90 Å². The predicted octanol–water partition coefficient (Wildman–Crippen LogP) is 1.92. The monoisotopic (exact) mass is 254 g/mol. The van der Waals surface area contributed by atoms with Gasteiger partial charge in [0.25, 0.3) is 5.56 Å². The van der Waals surface area contributed by atoms with E-state index in [4.69, 9.17) is 0 Å². The Bertz CT molecular complexity index is 729. The summed E-state index contributed by atoms with van der Waals surface area (Å²) in [6.07, 6.45) is 0. The number of nitrogens with zero attached hydrogens (tertiary/aromatic N) is 3. The summed E-state index contributed by atoms with van der Waals surface area (Å²) in [7, 11) is 0. The first kappa shape index (κ1) is 11.3. The third kappa shape index (κ3) is 2.15. The molecule has 0 atom stereocenters. The maximum absolute atomic E-state index is 11.3. The molecule has 0 radical (unpaired) electrons. The Hall–Kier alpha value is -2.76. The van der Waals surface area contributed by atoms with Gasteiger partial charge in [-0.1, -0.05) is 24.3 Å². The molecule has 94 valence electrons. The lowest BCUT2D eigenvalue weighted by molar-refractivity contribution is 0.467. The molecule has 2 N–H and O–H groups in total. The van der Waals surface area contributed by atoms with Gasteiger partial charge in [0.1, 0.15) is 6.54 Å².